The van der Waals surface area contributed by atoms with E-state index in [9.17, 15) is 9.90 Å². The van der Waals surface area contributed by atoms with E-state index >= 15 is 0 Å². The lowest BCUT2D eigenvalue weighted by Crippen LogP contribution is -2.42. The number of rotatable bonds is 7. The second-order valence-corrected chi connectivity index (χ2v) is 10.1. The number of hydrogen-bond donors (Lipinski definition) is 1. The number of aromatic hydroxyl groups is 1. The first kappa shape index (κ1) is 25.5. The quantitative estimate of drug-likeness (QED) is 0.417. The van der Waals surface area contributed by atoms with Crippen molar-refractivity contribution < 1.29 is 9.90 Å². The largest absolute Gasteiger partial charge is 0.508 e. The maximum atomic E-state index is 13.2. The number of aromatic nitrogens is 1. The normalized spacial score (nSPS) is 15.3. The Hall–Kier alpha value is -3.60. The summed E-state index contributed by atoms with van der Waals surface area (Å²) in [5.74, 6) is 0.300. The number of piperidine rings is 1. The van der Waals surface area contributed by atoms with E-state index in [0.717, 1.165) is 49.1 Å². The summed E-state index contributed by atoms with van der Waals surface area (Å²) in [6, 6.07) is 19.9. The molecule has 0 atom stereocenters. The zero-order valence-corrected chi connectivity index (χ0v) is 21.8. The number of nitrogens with zero attached hydrogens (tertiary/aromatic N) is 3. The number of phenolic OH excluding ortho intramolecular Hbond substituents is 1. The van der Waals surface area contributed by atoms with Crippen LogP contribution in [-0.2, 0) is 6.54 Å². The van der Waals surface area contributed by atoms with E-state index in [1.807, 2.05) is 41.6 Å². The van der Waals surface area contributed by atoms with Crippen LogP contribution in [0.1, 0.15) is 74.0 Å². The zero-order chi connectivity index (χ0) is 25.7. The van der Waals surface area contributed by atoms with Gasteiger partial charge in [0.2, 0.25) is 0 Å². The Labute approximate surface area is 215 Å². The fourth-order valence-electron chi connectivity index (χ4n) is 5.21. The zero-order valence-electron chi connectivity index (χ0n) is 21.8. The van der Waals surface area contributed by atoms with Gasteiger partial charge in [0.25, 0.3) is 5.91 Å². The van der Waals surface area contributed by atoms with E-state index in [4.69, 9.17) is 0 Å². The number of phenols is 1. The number of carbonyl (C=O) groups is 1. The van der Waals surface area contributed by atoms with Crippen molar-refractivity contribution in [1.82, 2.24) is 14.8 Å². The molecule has 0 radical (unpaired) electrons. The van der Waals surface area contributed by atoms with Gasteiger partial charge in [0, 0.05) is 54.4 Å². The molecule has 0 saturated carbocycles. The molecule has 4 rings (SSSR count). The summed E-state index contributed by atoms with van der Waals surface area (Å²) in [7, 11) is 0. The third kappa shape index (κ3) is 5.78. The molecule has 0 unspecified atom stereocenters. The molecule has 188 valence electrons. The van der Waals surface area contributed by atoms with Gasteiger partial charge in [0.15, 0.2) is 0 Å². The Morgan fingerprint density at radius 3 is 2.22 bits per heavy atom. The van der Waals surface area contributed by atoms with Crippen LogP contribution >= 0.6 is 0 Å². The van der Waals surface area contributed by atoms with Gasteiger partial charge in [-0.1, -0.05) is 24.3 Å². The molecule has 1 fully saturated rings. The van der Waals surface area contributed by atoms with Crippen molar-refractivity contribution in [3.05, 3.63) is 101 Å². The molecular weight excluding hydrogens is 446 g/mol. The van der Waals surface area contributed by atoms with Crippen LogP contribution in [0.4, 0.5) is 0 Å². The number of pyridine rings is 1. The molecule has 1 aliphatic rings. The number of likely N-dealkylation sites (tertiary alicyclic amines) is 1. The lowest BCUT2D eigenvalue weighted by atomic mass is 9.90. The molecule has 1 saturated heterocycles. The van der Waals surface area contributed by atoms with Gasteiger partial charge in [-0.25, -0.2) is 0 Å². The monoisotopic (exact) mass is 483 g/mol. The van der Waals surface area contributed by atoms with Gasteiger partial charge < -0.3 is 14.9 Å². The smallest absolute Gasteiger partial charge is 0.254 e. The highest BCUT2D eigenvalue weighted by atomic mass is 16.3. The molecule has 1 amide bonds. The van der Waals surface area contributed by atoms with Crippen LogP contribution in [0.2, 0.25) is 0 Å². The summed E-state index contributed by atoms with van der Waals surface area (Å²) in [5, 5.41) is 10.3. The lowest BCUT2D eigenvalue weighted by Gasteiger charge is -2.34. The van der Waals surface area contributed by atoms with E-state index in [2.05, 4.69) is 67.9 Å². The molecule has 0 aliphatic carbocycles. The Kier molecular flexibility index (Phi) is 8.09. The average Bonchev–Trinajstić information content (AvgIpc) is 2.86. The topological polar surface area (TPSA) is 56.7 Å². The van der Waals surface area contributed by atoms with Crippen LogP contribution in [0.5, 0.6) is 5.75 Å². The van der Waals surface area contributed by atoms with Crippen molar-refractivity contribution in [3.63, 3.8) is 0 Å². The highest BCUT2D eigenvalue weighted by Crippen LogP contribution is 2.36. The average molecular weight is 484 g/mol. The molecule has 1 aliphatic heterocycles. The minimum Gasteiger partial charge on any atom is -0.508 e. The molecule has 36 heavy (non-hydrogen) atoms. The number of carbonyl (C=O) groups excluding carboxylic acids is 1. The van der Waals surface area contributed by atoms with Crippen molar-refractivity contribution in [2.75, 3.05) is 6.54 Å². The standard InChI is InChI=1S/C31H37N3O2/c1-22(2)34(23(3)4)31(36)26-13-11-25(12-14-26)30(27-8-7-9-28(35)20-27)29-10-5-6-19-33(29)21-24-15-17-32-18-16-24/h7-9,11-18,20,22-23,35H,5-6,10,19,21H2,1-4H3. The third-order valence-corrected chi connectivity index (χ3v) is 6.79. The second kappa shape index (κ2) is 11.4. The predicted octanol–water partition coefficient (Wildman–Crippen LogP) is 6.49. The van der Waals surface area contributed by atoms with Crippen molar-refractivity contribution in [2.45, 2.75) is 65.6 Å². The Morgan fingerprint density at radius 1 is 0.917 bits per heavy atom. The van der Waals surface area contributed by atoms with Gasteiger partial charge in [-0.2, -0.15) is 0 Å². The third-order valence-electron chi connectivity index (χ3n) is 6.79. The minimum atomic E-state index is 0.0510. The molecular formula is C31H37N3O2. The highest BCUT2D eigenvalue weighted by Gasteiger charge is 2.24. The van der Waals surface area contributed by atoms with Crippen molar-refractivity contribution in [3.8, 4) is 5.75 Å². The van der Waals surface area contributed by atoms with Gasteiger partial charge >= 0.3 is 0 Å². The molecule has 1 aromatic heterocycles. The fraction of sp³-hybridized carbons (Fsp3) is 0.355. The number of amides is 1. The lowest BCUT2D eigenvalue weighted by molar-refractivity contribution is 0.0643. The van der Waals surface area contributed by atoms with Crippen LogP contribution < -0.4 is 0 Å². The summed E-state index contributed by atoms with van der Waals surface area (Å²) < 4.78 is 0. The molecule has 0 bridgehead atoms. The molecule has 5 heteroatoms. The number of benzene rings is 2. The van der Waals surface area contributed by atoms with Crippen LogP contribution in [0.15, 0.2) is 78.8 Å². The van der Waals surface area contributed by atoms with Gasteiger partial charge in [0.1, 0.15) is 5.75 Å². The maximum Gasteiger partial charge on any atom is 0.254 e. The van der Waals surface area contributed by atoms with E-state index in [0.29, 0.717) is 5.56 Å². The SMILES string of the molecule is CC(C)N(C(=O)c1ccc(C(=C2CCCCN2Cc2ccncc2)c2cccc(O)c2)cc1)C(C)C. The van der Waals surface area contributed by atoms with Crippen molar-refractivity contribution in [1.29, 1.82) is 0 Å². The van der Waals surface area contributed by atoms with Gasteiger partial charge in [0.05, 0.1) is 0 Å². The maximum absolute atomic E-state index is 13.2. The summed E-state index contributed by atoms with van der Waals surface area (Å²) >= 11 is 0. The Morgan fingerprint density at radius 2 is 1.58 bits per heavy atom. The fourth-order valence-corrected chi connectivity index (χ4v) is 5.21. The Balaban J connectivity index is 1.77. The van der Waals surface area contributed by atoms with Crippen LogP contribution in [0.25, 0.3) is 5.57 Å². The summed E-state index contributed by atoms with van der Waals surface area (Å²) in [4.78, 5) is 21.8. The van der Waals surface area contributed by atoms with Gasteiger partial charge in [-0.05, 0) is 100 Å². The van der Waals surface area contributed by atoms with E-state index in [-0.39, 0.29) is 23.7 Å². The van der Waals surface area contributed by atoms with Crippen LogP contribution in [0.3, 0.4) is 0 Å². The summed E-state index contributed by atoms with van der Waals surface area (Å²) in [5.41, 5.74) is 6.34. The predicted molar refractivity (Wildman–Crippen MR) is 146 cm³/mol. The molecule has 0 spiro atoms. The second-order valence-electron chi connectivity index (χ2n) is 10.1. The van der Waals surface area contributed by atoms with Gasteiger partial charge in [-0.3, -0.25) is 9.78 Å². The summed E-state index contributed by atoms with van der Waals surface area (Å²) in [6.07, 6.45) is 6.91. The van der Waals surface area contributed by atoms with E-state index in [1.165, 1.54) is 11.3 Å². The van der Waals surface area contributed by atoms with Crippen LogP contribution in [0, 0.1) is 0 Å². The highest BCUT2D eigenvalue weighted by molar-refractivity contribution is 5.95. The summed E-state index contributed by atoms with van der Waals surface area (Å²) in [6.45, 7) is 10.0. The molecule has 3 aromatic rings. The molecule has 2 heterocycles. The first-order valence-electron chi connectivity index (χ1n) is 12.9. The van der Waals surface area contributed by atoms with Gasteiger partial charge in [-0.15, -0.1) is 0 Å². The van der Waals surface area contributed by atoms with Crippen molar-refractivity contribution in [2.24, 2.45) is 0 Å². The number of allylic oxidation sites excluding steroid dienone is 1. The minimum absolute atomic E-state index is 0.0510. The first-order valence-corrected chi connectivity index (χ1v) is 12.9. The van der Waals surface area contributed by atoms with E-state index in [1.54, 1.807) is 6.07 Å². The Bertz CT molecular complexity index is 1190. The van der Waals surface area contributed by atoms with Crippen LogP contribution in [-0.4, -0.2) is 44.4 Å². The molecule has 2 aromatic carbocycles. The molecule has 1 N–H and O–H groups in total. The van der Waals surface area contributed by atoms with Crippen molar-refractivity contribution >= 4 is 11.5 Å². The first-order chi connectivity index (χ1) is 17.3. The molecule has 5 nitrogen and oxygen atoms in total. The number of hydrogen-bond acceptors (Lipinski definition) is 4. The van der Waals surface area contributed by atoms with E-state index < -0.39 is 0 Å².